The smallest absolute Gasteiger partial charge is 0.344 e. The normalized spacial score (nSPS) is 11.0. The van der Waals surface area contributed by atoms with Gasteiger partial charge in [0.05, 0.1) is 5.39 Å². The highest BCUT2D eigenvalue weighted by Crippen LogP contribution is 2.28. The Morgan fingerprint density at radius 3 is 2.50 bits per heavy atom. The number of fused-ring (bicyclic) bond motifs is 3. The molecule has 0 aliphatic carbocycles. The van der Waals surface area contributed by atoms with Gasteiger partial charge in [-0.05, 0) is 35.9 Å². The Labute approximate surface area is 146 Å². The zero-order chi connectivity index (χ0) is 16.5. The average molecular weight is 381 g/mol. The monoisotopic (exact) mass is 380 g/mol. The molecule has 3 aromatic carbocycles. The number of hydrogen-bond acceptors (Lipinski definition) is 3. The molecule has 0 atom stereocenters. The van der Waals surface area contributed by atoms with E-state index < -0.39 is 0 Å². The fraction of sp³-hybridized carbons (Fsp3) is 0.0500. The van der Waals surface area contributed by atoms with Crippen LogP contribution in [0.1, 0.15) is 5.56 Å². The van der Waals surface area contributed by atoms with Crippen LogP contribution in [0, 0.1) is 0 Å². The van der Waals surface area contributed by atoms with Crippen molar-refractivity contribution in [2.24, 2.45) is 0 Å². The number of ether oxygens (including phenoxy) is 1. The Kier molecular flexibility index (Phi) is 3.82. The van der Waals surface area contributed by atoms with Crippen molar-refractivity contribution in [3.05, 3.63) is 87.2 Å². The van der Waals surface area contributed by atoms with E-state index in [-0.39, 0.29) is 5.63 Å². The van der Waals surface area contributed by atoms with E-state index in [1.165, 1.54) is 0 Å². The Morgan fingerprint density at radius 1 is 0.875 bits per heavy atom. The molecule has 3 nitrogen and oxygen atoms in total. The summed E-state index contributed by atoms with van der Waals surface area (Å²) in [5, 5.41) is 2.33. The van der Waals surface area contributed by atoms with Crippen LogP contribution in [0.3, 0.4) is 0 Å². The lowest BCUT2D eigenvalue weighted by Crippen LogP contribution is -2.00. The van der Waals surface area contributed by atoms with Crippen molar-refractivity contribution in [1.29, 1.82) is 0 Å². The molecule has 118 valence electrons. The predicted octanol–water partition coefficient (Wildman–Crippen LogP) is 5.29. The third-order valence-corrected chi connectivity index (χ3v) is 4.39. The molecule has 0 aliphatic rings. The molecule has 0 bridgehead atoms. The first-order chi connectivity index (χ1) is 11.7. The van der Waals surface area contributed by atoms with Crippen LogP contribution in [-0.4, -0.2) is 0 Å². The van der Waals surface area contributed by atoms with Crippen molar-refractivity contribution >= 4 is 37.7 Å². The molecule has 1 aromatic heterocycles. The van der Waals surface area contributed by atoms with Crippen LogP contribution < -0.4 is 10.4 Å². The molecule has 0 unspecified atom stereocenters. The average Bonchev–Trinajstić information content (AvgIpc) is 2.60. The lowest BCUT2D eigenvalue weighted by molar-refractivity contribution is 0.306. The molecule has 0 spiro atoms. The van der Waals surface area contributed by atoms with E-state index in [0.29, 0.717) is 23.3 Å². The van der Waals surface area contributed by atoms with Crippen molar-refractivity contribution in [2.75, 3.05) is 0 Å². The topological polar surface area (TPSA) is 39.4 Å². The van der Waals surface area contributed by atoms with Gasteiger partial charge in [0.2, 0.25) is 0 Å². The first-order valence-corrected chi connectivity index (χ1v) is 8.33. The van der Waals surface area contributed by atoms with Crippen LogP contribution in [0.15, 0.2) is 80.4 Å². The SMILES string of the molecule is O=c1oc2cc(OCc3ccccc3)ccc2c2cc(Br)ccc12. The fourth-order valence-electron chi connectivity index (χ4n) is 2.71. The standard InChI is InChI=1S/C20H13BrO3/c21-14-6-8-17-18(10-14)16-9-7-15(11-19(16)24-20(17)22)23-12-13-4-2-1-3-5-13/h1-11H,12H2. The number of benzene rings is 3. The molecule has 4 rings (SSSR count). The highest BCUT2D eigenvalue weighted by molar-refractivity contribution is 9.10. The molecular formula is C20H13BrO3. The minimum atomic E-state index is -0.342. The minimum Gasteiger partial charge on any atom is -0.489 e. The highest BCUT2D eigenvalue weighted by atomic mass is 79.9. The van der Waals surface area contributed by atoms with Crippen LogP contribution in [0.2, 0.25) is 0 Å². The van der Waals surface area contributed by atoms with E-state index in [1.54, 1.807) is 12.1 Å². The Bertz CT molecular complexity index is 1080. The summed E-state index contributed by atoms with van der Waals surface area (Å²) >= 11 is 3.45. The molecule has 0 radical (unpaired) electrons. The highest BCUT2D eigenvalue weighted by Gasteiger charge is 2.09. The molecule has 0 amide bonds. The van der Waals surface area contributed by atoms with Gasteiger partial charge in [0.15, 0.2) is 0 Å². The molecule has 0 saturated heterocycles. The summed E-state index contributed by atoms with van der Waals surface area (Å²) < 4.78 is 12.2. The van der Waals surface area contributed by atoms with Crippen LogP contribution in [0.4, 0.5) is 0 Å². The molecule has 0 N–H and O–H groups in total. The van der Waals surface area contributed by atoms with Gasteiger partial charge >= 0.3 is 5.63 Å². The van der Waals surface area contributed by atoms with Gasteiger partial charge in [-0.2, -0.15) is 0 Å². The largest absolute Gasteiger partial charge is 0.489 e. The maximum Gasteiger partial charge on any atom is 0.344 e. The lowest BCUT2D eigenvalue weighted by atomic mass is 10.1. The van der Waals surface area contributed by atoms with Gasteiger partial charge in [-0.3, -0.25) is 0 Å². The number of hydrogen-bond donors (Lipinski definition) is 0. The Hall–Kier alpha value is -2.59. The second-order valence-corrected chi connectivity index (χ2v) is 6.43. The van der Waals surface area contributed by atoms with Crippen LogP contribution in [0.5, 0.6) is 5.75 Å². The zero-order valence-corrected chi connectivity index (χ0v) is 14.2. The van der Waals surface area contributed by atoms with Crippen LogP contribution in [0.25, 0.3) is 21.7 Å². The number of halogens is 1. The Morgan fingerprint density at radius 2 is 1.67 bits per heavy atom. The summed E-state index contributed by atoms with van der Waals surface area (Å²) in [6.45, 7) is 0.468. The van der Waals surface area contributed by atoms with E-state index in [4.69, 9.17) is 9.15 Å². The van der Waals surface area contributed by atoms with Crippen molar-refractivity contribution in [3.63, 3.8) is 0 Å². The summed E-state index contributed by atoms with van der Waals surface area (Å²) in [7, 11) is 0. The van der Waals surface area contributed by atoms with E-state index in [9.17, 15) is 4.79 Å². The van der Waals surface area contributed by atoms with Gasteiger partial charge in [0.1, 0.15) is 17.9 Å². The van der Waals surface area contributed by atoms with Crippen molar-refractivity contribution in [3.8, 4) is 5.75 Å². The van der Waals surface area contributed by atoms with Crippen molar-refractivity contribution in [1.82, 2.24) is 0 Å². The number of rotatable bonds is 3. The quantitative estimate of drug-likeness (QED) is 0.358. The van der Waals surface area contributed by atoms with Crippen molar-refractivity contribution in [2.45, 2.75) is 6.61 Å². The summed E-state index contributed by atoms with van der Waals surface area (Å²) in [6.07, 6.45) is 0. The maximum atomic E-state index is 12.2. The zero-order valence-electron chi connectivity index (χ0n) is 12.7. The van der Waals surface area contributed by atoms with E-state index >= 15 is 0 Å². The van der Waals surface area contributed by atoms with Gasteiger partial charge < -0.3 is 9.15 Å². The summed E-state index contributed by atoms with van der Waals surface area (Å²) in [4.78, 5) is 12.2. The van der Waals surface area contributed by atoms with E-state index in [2.05, 4.69) is 15.9 Å². The summed E-state index contributed by atoms with van der Waals surface area (Å²) in [5.74, 6) is 0.670. The lowest BCUT2D eigenvalue weighted by Gasteiger charge is -2.08. The van der Waals surface area contributed by atoms with Crippen LogP contribution >= 0.6 is 15.9 Å². The predicted molar refractivity (Wildman–Crippen MR) is 98.5 cm³/mol. The summed E-state index contributed by atoms with van der Waals surface area (Å²) in [6, 6.07) is 21.0. The van der Waals surface area contributed by atoms with Gasteiger partial charge in [-0.1, -0.05) is 46.3 Å². The molecule has 4 heteroatoms. The molecule has 0 aliphatic heterocycles. The molecule has 0 fully saturated rings. The molecule has 4 aromatic rings. The summed E-state index contributed by atoms with van der Waals surface area (Å²) in [5.41, 5.74) is 1.27. The van der Waals surface area contributed by atoms with E-state index in [1.807, 2.05) is 54.6 Å². The third kappa shape index (κ3) is 2.81. The van der Waals surface area contributed by atoms with Crippen LogP contribution in [-0.2, 0) is 6.61 Å². The minimum absolute atomic E-state index is 0.342. The van der Waals surface area contributed by atoms with Gasteiger partial charge in [0.25, 0.3) is 0 Å². The van der Waals surface area contributed by atoms with Gasteiger partial charge in [0, 0.05) is 21.3 Å². The molecule has 1 heterocycles. The third-order valence-electron chi connectivity index (χ3n) is 3.90. The second-order valence-electron chi connectivity index (χ2n) is 5.51. The molecule has 24 heavy (non-hydrogen) atoms. The second kappa shape index (κ2) is 6.13. The van der Waals surface area contributed by atoms with Crippen molar-refractivity contribution < 1.29 is 9.15 Å². The first-order valence-electron chi connectivity index (χ1n) is 7.53. The van der Waals surface area contributed by atoms with Gasteiger partial charge in [-0.15, -0.1) is 0 Å². The van der Waals surface area contributed by atoms with E-state index in [0.717, 1.165) is 20.8 Å². The fourth-order valence-corrected chi connectivity index (χ4v) is 3.07. The maximum absolute atomic E-state index is 12.2. The first kappa shape index (κ1) is 15.0. The molecular weight excluding hydrogens is 368 g/mol. The van der Waals surface area contributed by atoms with Gasteiger partial charge in [-0.25, -0.2) is 4.79 Å². The Balaban J connectivity index is 1.75. The molecule has 0 saturated carbocycles.